The highest BCUT2D eigenvalue weighted by Crippen LogP contribution is 2.18. The van der Waals surface area contributed by atoms with Crippen LogP contribution in [0.15, 0.2) is 12.4 Å². The molecule has 1 heterocycles. The van der Waals surface area contributed by atoms with Crippen LogP contribution in [0, 0.1) is 6.92 Å². The summed E-state index contributed by atoms with van der Waals surface area (Å²) in [6, 6.07) is 2.77. The fourth-order valence-electron chi connectivity index (χ4n) is 1.47. The normalized spacial score (nSPS) is 17.0. The lowest BCUT2D eigenvalue weighted by Gasteiger charge is -2.26. The number of nitrogens with zero attached hydrogens (tertiary/aromatic N) is 2. The second kappa shape index (κ2) is 3.83. The summed E-state index contributed by atoms with van der Waals surface area (Å²) < 4.78 is 0. The van der Waals surface area contributed by atoms with Gasteiger partial charge in [0.1, 0.15) is 6.33 Å². The maximum absolute atomic E-state index is 4.20. The van der Waals surface area contributed by atoms with Gasteiger partial charge < -0.3 is 5.32 Å². The van der Waals surface area contributed by atoms with E-state index >= 15 is 0 Å². The molecule has 0 amide bonds. The zero-order chi connectivity index (χ0) is 9.10. The maximum atomic E-state index is 4.20. The summed E-state index contributed by atoms with van der Waals surface area (Å²) in [6.45, 7) is 2.88. The number of rotatable bonds is 3. The van der Waals surface area contributed by atoms with Gasteiger partial charge in [-0.3, -0.25) is 0 Å². The van der Waals surface area contributed by atoms with E-state index in [0.29, 0.717) is 0 Å². The molecule has 1 aliphatic rings. The molecule has 3 heteroatoms. The zero-order valence-electron chi connectivity index (χ0n) is 7.95. The first-order valence-corrected chi connectivity index (χ1v) is 4.85. The van der Waals surface area contributed by atoms with E-state index in [2.05, 4.69) is 15.3 Å². The van der Waals surface area contributed by atoms with E-state index in [9.17, 15) is 0 Å². The Kier molecular flexibility index (Phi) is 2.54. The number of nitrogens with one attached hydrogen (secondary N) is 1. The van der Waals surface area contributed by atoms with Crippen LogP contribution < -0.4 is 5.32 Å². The van der Waals surface area contributed by atoms with Crippen LogP contribution in [0.4, 0.5) is 0 Å². The Morgan fingerprint density at radius 1 is 1.46 bits per heavy atom. The largest absolute Gasteiger partial charge is 0.308 e. The van der Waals surface area contributed by atoms with Gasteiger partial charge in [0.05, 0.1) is 5.69 Å². The van der Waals surface area contributed by atoms with Crippen molar-refractivity contribution in [2.75, 3.05) is 0 Å². The van der Waals surface area contributed by atoms with Crippen LogP contribution in [0.3, 0.4) is 0 Å². The van der Waals surface area contributed by atoms with Gasteiger partial charge in [-0.2, -0.15) is 0 Å². The molecule has 0 bridgehead atoms. The van der Waals surface area contributed by atoms with Crippen LogP contribution in [0.25, 0.3) is 0 Å². The van der Waals surface area contributed by atoms with E-state index in [1.54, 1.807) is 6.33 Å². The van der Waals surface area contributed by atoms with Crippen molar-refractivity contribution in [1.82, 2.24) is 15.3 Å². The summed E-state index contributed by atoms with van der Waals surface area (Å²) in [7, 11) is 0. The van der Waals surface area contributed by atoms with Gasteiger partial charge in [-0.25, -0.2) is 9.97 Å². The molecule has 2 rings (SSSR count). The molecule has 13 heavy (non-hydrogen) atoms. The summed E-state index contributed by atoms with van der Waals surface area (Å²) >= 11 is 0. The third kappa shape index (κ3) is 2.25. The number of hydrogen-bond donors (Lipinski definition) is 1. The second-order valence-corrected chi connectivity index (χ2v) is 3.66. The third-order valence-corrected chi connectivity index (χ3v) is 2.54. The molecule has 0 aromatic carbocycles. The molecule has 0 saturated heterocycles. The van der Waals surface area contributed by atoms with Crippen molar-refractivity contribution in [3.63, 3.8) is 0 Å². The standard InChI is InChI=1S/C10H15N3/c1-8-5-10(13-7-12-8)6-11-9-3-2-4-9/h5,7,9,11H,2-4,6H2,1H3. The van der Waals surface area contributed by atoms with E-state index < -0.39 is 0 Å². The first-order valence-electron chi connectivity index (χ1n) is 4.85. The van der Waals surface area contributed by atoms with E-state index in [4.69, 9.17) is 0 Å². The Morgan fingerprint density at radius 2 is 2.31 bits per heavy atom. The molecule has 1 saturated carbocycles. The second-order valence-electron chi connectivity index (χ2n) is 3.66. The monoisotopic (exact) mass is 177 g/mol. The third-order valence-electron chi connectivity index (χ3n) is 2.54. The smallest absolute Gasteiger partial charge is 0.115 e. The quantitative estimate of drug-likeness (QED) is 0.759. The van der Waals surface area contributed by atoms with Gasteiger partial charge in [0.25, 0.3) is 0 Å². The Morgan fingerprint density at radius 3 is 2.92 bits per heavy atom. The summed E-state index contributed by atoms with van der Waals surface area (Å²) in [5.74, 6) is 0. The first-order chi connectivity index (χ1) is 6.34. The molecule has 1 N–H and O–H groups in total. The van der Waals surface area contributed by atoms with Crippen molar-refractivity contribution in [2.24, 2.45) is 0 Å². The topological polar surface area (TPSA) is 37.8 Å². The highest BCUT2D eigenvalue weighted by molar-refractivity contribution is 5.06. The summed E-state index contributed by atoms with van der Waals surface area (Å²) in [5, 5.41) is 3.47. The van der Waals surface area contributed by atoms with Gasteiger partial charge in [0, 0.05) is 18.3 Å². The Bertz CT molecular complexity index is 281. The average Bonchev–Trinajstić information content (AvgIpc) is 2.01. The fourth-order valence-corrected chi connectivity index (χ4v) is 1.47. The minimum Gasteiger partial charge on any atom is -0.308 e. The average molecular weight is 177 g/mol. The van der Waals surface area contributed by atoms with Gasteiger partial charge in [-0.15, -0.1) is 0 Å². The molecule has 0 spiro atoms. The van der Waals surface area contributed by atoms with Gasteiger partial charge in [-0.05, 0) is 25.8 Å². The zero-order valence-corrected chi connectivity index (χ0v) is 7.95. The van der Waals surface area contributed by atoms with Gasteiger partial charge in [0.2, 0.25) is 0 Å². The number of aromatic nitrogens is 2. The van der Waals surface area contributed by atoms with E-state index in [1.807, 2.05) is 13.0 Å². The van der Waals surface area contributed by atoms with E-state index in [0.717, 1.165) is 24.0 Å². The molecule has 1 aliphatic carbocycles. The number of hydrogen-bond acceptors (Lipinski definition) is 3. The molecule has 0 radical (unpaired) electrons. The molecular formula is C10H15N3. The van der Waals surface area contributed by atoms with Gasteiger partial charge in [-0.1, -0.05) is 6.42 Å². The van der Waals surface area contributed by atoms with Crippen molar-refractivity contribution in [3.8, 4) is 0 Å². The van der Waals surface area contributed by atoms with E-state index in [-0.39, 0.29) is 0 Å². The fraction of sp³-hybridized carbons (Fsp3) is 0.600. The summed E-state index contributed by atoms with van der Waals surface area (Å²) in [5.41, 5.74) is 2.14. The molecule has 3 nitrogen and oxygen atoms in total. The minimum atomic E-state index is 0.732. The van der Waals surface area contributed by atoms with Crippen LogP contribution in [-0.4, -0.2) is 16.0 Å². The van der Waals surface area contributed by atoms with E-state index in [1.165, 1.54) is 19.3 Å². The van der Waals surface area contributed by atoms with Crippen molar-refractivity contribution in [3.05, 3.63) is 23.8 Å². The van der Waals surface area contributed by atoms with Crippen LogP contribution in [0.5, 0.6) is 0 Å². The molecular weight excluding hydrogens is 162 g/mol. The van der Waals surface area contributed by atoms with Crippen molar-refractivity contribution < 1.29 is 0 Å². The Labute approximate surface area is 78.6 Å². The molecule has 1 aromatic rings. The predicted octanol–water partition coefficient (Wildman–Crippen LogP) is 1.43. The van der Waals surface area contributed by atoms with Crippen LogP contribution in [-0.2, 0) is 6.54 Å². The summed E-state index contributed by atoms with van der Waals surface area (Å²) in [4.78, 5) is 8.26. The molecule has 0 aliphatic heterocycles. The predicted molar refractivity (Wildman–Crippen MR) is 51.2 cm³/mol. The maximum Gasteiger partial charge on any atom is 0.115 e. The highest BCUT2D eigenvalue weighted by Gasteiger charge is 2.16. The SMILES string of the molecule is Cc1cc(CNC2CCC2)ncn1. The molecule has 1 fully saturated rings. The van der Waals surface area contributed by atoms with Crippen LogP contribution in [0.1, 0.15) is 30.7 Å². The Hall–Kier alpha value is -0.960. The molecule has 0 atom stereocenters. The van der Waals surface area contributed by atoms with Crippen LogP contribution in [0.2, 0.25) is 0 Å². The van der Waals surface area contributed by atoms with Crippen molar-refractivity contribution in [1.29, 1.82) is 0 Å². The molecule has 1 aromatic heterocycles. The summed E-state index contributed by atoms with van der Waals surface area (Å²) in [6.07, 6.45) is 5.65. The Balaban J connectivity index is 1.86. The number of aryl methyl sites for hydroxylation is 1. The lowest BCUT2D eigenvalue weighted by atomic mass is 9.93. The lowest BCUT2D eigenvalue weighted by molar-refractivity contribution is 0.337. The van der Waals surface area contributed by atoms with Gasteiger partial charge in [0.15, 0.2) is 0 Å². The van der Waals surface area contributed by atoms with Gasteiger partial charge >= 0.3 is 0 Å². The van der Waals surface area contributed by atoms with Crippen LogP contribution >= 0.6 is 0 Å². The highest BCUT2D eigenvalue weighted by atomic mass is 15.0. The lowest BCUT2D eigenvalue weighted by Crippen LogP contribution is -2.34. The molecule has 0 unspecified atom stereocenters. The first kappa shape index (κ1) is 8.63. The van der Waals surface area contributed by atoms with Crippen molar-refractivity contribution in [2.45, 2.75) is 38.8 Å². The minimum absolute atomic E-state index is 0.732. The van der Waals surface area contributed by atoms with Crippen molar-refractivity contribution >= 4 is 0 Å². The molecule has 70 valence electrons.